The third-order valence-electron chi connectivity index (χ3n) is 2.88. The maximum Gasteiger partial charge on any atom is 0.245 e. The Bertz CT molecular complexity index is 824. The summed E-state index contributed by atoms with van der Waals surface area (Å²) in [6, 6.07) is 0. The molecule has 0 saturated heterocycles. The molecule has 0 bridgehead atoms. The highest BCUT2D eigenvalue weighted by Crippen LogP contribution is 1.95. The van der Waals surface area contributed by atoms with Crippen molar-refractivity contribution in [3.63, 3.8) is 0 Å². The first kappa shape index (κ1) is 59.2. The number of nitrogens with two attached hydrogens (primary N) is 7. The number of carbonyl (C=O) groups excluding carboxylic acids is 8. The lowest BCUT2D eigenvalue weighted by Crippen LogP contribution is -2.30. The van der Waals surface area contributed by atoms with E-state index in [0.717, 1.165) is 68.5 Å². The largest absolute Gasteiger partial charge is 0.366 e. The molecule has 0 aliphatic heterocycles. The molecular formula is C30H52N8O8. The van der Waals surface area contributed by atoms with Gasteiger partial charge < -0.3 is 45.0 Å². The van der Waals surface area contributed by atoms with E-state index < -0.39 is 41.4 Å². The van der Waals surface area contributed by atoms with Crippen LogP contribution in [0.15, 0.2) is 101 Å². The second kappa shape index (κ2) is 51.4. The quantitative estimate of drug-likeness (QED) is 0.133. The first-order chi connectivity index (χ1) is 21.1. The molecule has 0 spiro atoms. The Morgan fingerprint density at radius 1 is 0.391 bits per heavy atom. The number of hydrogen-bond acceptors (Lipinski definition) is 8. The fourth-order valence-electron chi connectivity index (χ4n) is 1.00. The van der Waals surface area contributed by atoms with Gasteiger partial charge in [-0.15, -0.1) is 0 Å². The van der Waals surface area contributed by atoms with Crippen LogP contribution in [0.1, 0.15) is 26.7 Å². The summed E-state index contributed by atoms with van der Waals surface area (Å²) >= 11 is 0. The molecule has 16 nitrogen and oxygen atoms in total. The van der Waals surface area contributed by atoms with Crippen LogP contribution in [0.4, 0.5) is 0 Å². The molecule has 16 heteroatoms. The Kier molecular flexibility index (Phi) is 66.1. The lowest BCUT2D eigenvalue weighted by Gasteiger charge is -2.18. The average molecular weight is 653 g/mol. The van der Waals surface area contributed by atoms with Crippen molar-refractivity contribution < 1.29 is 38.4 Å². The highest BCUT2D eigenvalue weighted by Gasteiger charge is 2.05. The zero-order valence-electron chi connectivity index (χ0n) is 26.9. The van der Waals surface area contributed by atoms with Gasteiger partial charge in [-0.1, -0.05) is 66.5 Å². The number of amides is 8. The Labute approximate surface area is 271 Å². The summed E-state index contributed by atoms with van der Waals surface area (Å²) in [7, 11) is 0. The first-order valence-electron chi connectivity index (χ1n) is 12.5. The molecule has 0 unspecified atom stereocenters. The van der Waals surface area contributed by atoms with Crippen LogP contribution in [-0.4, -0.2) is 65.2 Å². The van der Waals surface area contributed by atoms with Crippen molar-refractivity contribution in [2.75, 3.05) is 13.1 Å². The van der Waals surface area contributed by atoms with E-state index in [4.69, 9.17) is 0 Å². The van der Waals surface area contributed by atoms with Crippen LogP contribution in [-0.2, 0) is 38.4 Å². The minimum absolute atomic E-state index is 0.0497. The van der Waals surface area contributed by atoms with E-state index in [1.54, 1.807) is 0 Å². The second-order valence-electron chi connectivity index (χ2n) is 6.77. The number of nitrogens with zero attached hydrogens (tertiary/aromatic N) is 1. The fourth-order valence-corrected chi connectivity index (χ4v) is 1.00. The molecule has 14 N–H and O–H groups in total. The smallest absolute Gasteiger partial charge is 0.245 e. The molecule has 0 aliphatic rings. The molecule has 0 rings (SSSR count). The number of hydrogen-bond donors (Lipinski definition) is 7. The normalized spacial score (nSPS) is 7.09. The summed E-state index contributed by atoms with van der Waals surface area (Å²) in [6.45, 7) is 30.9. The summed E-state index contributed by atoms with van der Waals surface area (Å²) in [5, 5.41) is 0. The lowest BCUT2D eigenvalue weighted by atomic mass is 10.3. The molecular weight excluding hydrogens is 600 g/mol. The molecule has 0 fully saturated rings. The fraction of sp³-hybridized carbons (Fsp3) is 0.200. The van der Waals surface area contributed by atoms with Crippen LogP contribution in [0, 0.1) is 0 Å². The molecule has 8 amide bonds. The molecule has 0 aliphatic carbocycles. The van der Waals surface area contributed by atoms with Crippen LogP contribution in [0.5, 0.6) is 0 Å². The third kappa shape index (κ3) is 131. The van der Waals surface area contributed by atoms with Crippen molar-refractivity contribution in [3.05, 3.63) is 101 Å². The van der Waals surface area contributed by atoms with Gasteiger partial charge in [-0.2, -0.15) is 0 Å². The third-order valence-corrected chi connectivity index (χ3v) is 2.88. The van der Waals surface area contributed by atoms with Crippen molar-refractivity contribution in [1.29, 1.82) is 0 Å². The molecule has 0 aromatic carbocycles. The molecule has 0 saturated carbocycles. The molecule has 0 heterocycles. The Hall–Kier alpha value is -6.32. The zero-order valence-corrected chi connectivity index (χ0v) is 26.9. The van der Waals surface area contributed by atoms with Gasteiger partial charge in [0.1, 0.15) is 0 Å². The van der Waals surface area contributed by atoms with Gasteiger partial charge in [0.25, 0.3) is 0 Å². The number of rotatable bonds is 12. The van der Waals surface area contributed by atoms with Crippen LogP contribution in [0.25, 0.3) is 0 Å². The maximum atomic E-state index is 11.1. The van der Waals surface area contributed by atoms with E-state index >= 15 is 0 Å². The predicted molar refractivity (Wildman–Crippen MR) is 183 cm³/mol. The van der Waals surface area contributed by atoms with Crippen LogP contribution in [0.3, 0.4) is 0 Å². The summed E-state index contributed by atoms with van der Waals surface area (Å²) in [6.07, 6.45) is 10.8. The molecule has 0 radical (unpaired) electrons. The van der Waals surface area contributed by atoms with Crippen molar-refractivity contribution in [3.8, 4) is 0 Å². The minimum atomic E-state index is -0.481. The second-order valence-corrected chi connectivity index (χ2v) is 6.77. The van der Waals surface area contributed by atoms with Crippen molar-refractivity contribution >= 4 is 47.3 Å². The van der Waals surface area contributed by atoms with Crippen LogP contribution >= 0.6 is 0 Å². The van der Waals surface area contributed by atoms with E-state index in [-0.39, 0.29) is 5.91 Å². The van der Waals surface area contributed by atoms with Crippen molar-refractivity contribution in [2.45, 2.75) is 26.7 Å². The first-order valence-corrected chi connectivity index (χ1v) is 12.5. The Balaban J connectivity index is -0.0000000613. The Morgan fingerprint density at radius 2 is 0.522 bits per heavy atom. The topological polar surface area (TPSA) is 322 Å². The van der Waals surface area contributed by atoms with E-state index in [0.29, 0.717) is 0 Å². The van der Waals surface area contributed by atoms with Gasteiger partial charge in [0, 0.05) is 13.1 Å². The summed E-state index contributed by atoms with van der Waals surface area (Å²) in [5.74, 6) is -3.32. The van der Waals surface area contributed by atoms with Gasteiger partial charge in [0.2, 0.25) is 47.3 Å². The zero-order chi connectivity index (χ0) is 38.7. The molecule has 46 heavy (non-hydrogen) atoms. The van der Waals surface area contributed by atoms with E-state index in [1.807, 2.05) is 4.90 Å². The highest BCUT2D eigenvalue weighted by atomic mass is 16.2. The molecule has 0 aromatic heterocycles. The van der Waals surface area contributed by atoms with Gasteiger partial charge in [-0.3, -0.25) is 38.4 Å². The summed E-state index contributed by atoms with van der Waals surface area (Å²) < 4.78 is 0. The van der Waals surface area contributed by atoms with Crippen LogP contribution in [0.2, 0.25) is 0 Å². The SMILES string of the molecule is C=CC(=O)N(CCC)CCC.C=CC(N)=O.C=CC(N)=O.C=CC(N)=O.C=CC(N)=O.C=CC(N)=O.C=CC(N)=O.C=CC(N)=O. The highest BCUT2D eigenvalue weighted by molar-refractivity contribution is 5.87. The van der Waals surface area contributed by atoms with E-state index in [1.165, 1.54) is 6.08 Å². The van der Waals surface area contributed by atoms with Gasteiger partial charge >= 0.3 is 0 Å². The average Bonchev–Trinajstić information content (AvgIpc) is 3.02. The van der Waals surface area contributed by atoms with E-state index in [9.17, 15) is 38.4 Å². The Morgan fingerprint density at radius 3 is 0.587 bits per heavy atom. The number of carbonyl (C=O) groups is 8. The van der Waals surface area contributed by atoms with Crippen LogP contribution < -0.4 is 40.1 Å². The van der Waals surface area contributed by atoms with Gasteiger partial charge in [0.15, 0.2) is 0 Å². The minimum Gasteiger partial charge on any atom is -0.366 e. The van der Waals surface area contributed by atoms with Crippen molar-refractivity contribution in [1.82, 2.24) is 4.90 Å². The predicted octanol–water partition coefficient (Wildman–Crippen LogP) is -0.575. The molecule has 260 valence electrons. The summed E-state index contributed by atoms with van der Waals surface area (Å²) in [5.41, 5.74) is 31.7. The van der Waals surface area contributed by atoms with Gasteiger partial charge in [-0.05, 0) is 61.4 Å². The monoisotopic (exact) mass is 652 g/mol. The molecule has 0 atom stereocenters. The lowest BCUT2D eigenvalue weighted by molar-refractivity contribution is -0.126. The maximum absolute atomic E-state index is 11.1. The molecule has 0 aromatic rings. The summed E-state index contributed by atoms with van der Waals surface area (Å²) in [4.78, 5) is 79.2. The number of primary amides is 7. The standard InChI is InChI=1S/C9H17NO.7C3H5NO/c1-4-7-10(8-5-2)9(11)6-3;7*1-2-3(4)5/h6H,3-5,7-8H2,1-2H3;7*2H,1H2,(H2,4,5). The van der Waals surface area contributed by atoms with Gasteiger partial charge in [-0.25, -0.2) is 0 Å². The van der Waals surface area contributed by atoms with E-state index in [2.05, 4.69) is 107 Å². The van der Waals surface area contributed by atoms with Crippen molar-refractivity contribution in [2.24, 2.45) is 40.1 Å². The van der Waals surface area contributed by atoms with Gasteiger partial charge in [0.05, 0.1) is 0 Å².